The van der Waals surface area contributed by atoms with Crippen molar-refractivity contribution in [3.63, 3.8) is 0 Å². The summed E-state index contributed by atoms with van der Waals surface area (Å²) in [6.45, 7) is 11.0. The zero-order chi connectivity index (χ0) is 21.5. The highest BCUT2D eigenvalue weighted by molar-refractivity contribution is 5.66. The first-order valence-electron chi connectivity index (χ1n) is 12.0. The predicted molar refractivity (Wildman–Crippen MR) is 112 cm³/mol. The number of hydrogen-bond donors (Lipinski definition) is 0. The van der Waals surface area contributed by atoms with Gasteiger partial charge < -0.3 is 14.2 Å². The molecular formula is C25H38O5. The van der Waals surface area contributed by atoms with Gasteiger partial charge in [0.15, 0.2) is 0 Å². The summed E-state index contributed by atoms with van der Waals surface area (Å²) in [5.74, 6) is 1.37. The van der Waals surface area contributed by atoms with Gasteiger partial charge in [-0.05, 0) is 74.0 Å². The van der Waals surface area contributed by atoms with Gasteiger partial charge in [0.25, 0.3) is 0 Å². The first-order chi connectivity index (χ1) is 14.1. The summed E-state index contributed by atoms with van der Waals surface area (Å²) >= 11 is 0. The fourth-order valence-corrected chi connectivity index (χ4v) is 8.95. The van der Waals surface area contributed by atoms with Crippen LogP contribution < -0.4 is 0 Å². The molecule has 0 aromatic rings. The predicted octanol–water partition coefficient (Wildman–Crippen LogP) is 4.66. The Labute approximate surface area is 180 Å². The summed E-state index contributed by atoms with van der Waals surface area (Å²) in [4.78, 5) is 23.0. The SMILES string of the molecule is CC(=O)OCC1CC2OC23C2CCC4(C)CC(OC(C)=O)CCC4(C)C2CCC13C. The normalized spacial score (nSPS) is 53.6. The van der Waals surface area contributed by atoms with Gasteiger partial charge in [-0.15, -0.1) is 0 Å². The summed E-state index contributed by atoms with van der Waals surface area (Å²) < 4.78 is 17.7. The Morgan fingerprint density at radius 2 is 1.63 bits per heavy atom. The van der Waals surface area contributed by atoms with E-state index in [4.69, 9.17) is 14.2 Å². The summed E-state index contributed by atoms with van der Waals surface area (Å²) in [5, 5.41) is 0. The molecule has 30 heavy (non-hydrogen) atoms. The van der Waals surface area contributed by atoms with Crippen LogP contribution >= 0.6 is 0 Å². The van der Waals surface area contributed by atoms with Gasteiger partial charge in [-0.2, -0.15) is 0 Å². The Balaban J connectivity index is 1.39. The summed E-state index contributed by atoms with van der Waals surface area (Å²) in [6.07, 6.45) is 9.37. The van der Waals surface area contributed by atoms with Crippen molar-refractivity contribution < 1.29 is 23.8 Å². The second-order valence-electron chi connectivity index (χ2n) is 11.8. The van der Waals surface area contributed by atoms with Crippen LogP contribution in [0.5, 0.6) is 0 Å². The van der Waals surface area contributed by atoms with Gasteiger partial charge in [-0.3, -0.25) is 9.59 Å². The molecule has 0 aromatic heterocycles. The summed E-state index contributed by atoms with van der Waals surface area (Å²) in [7, 11) is 0. The number of fused-ring (bicyclic) bond motifs is 3. The maximum absolute atomic E-state index is 11.5. The van der Waals surface area contributed by atoms with Gasteiger partial charge in [0.1, 0.15) is 11.7 Å². The van der Waals surface area contributed by atoms with Crippen LogP contribution in [0.4, 0.5) is 0 Å². The van der Waals surface area contributed by atoms with Crippen molar-refractivity contribution in [2.24, 2.45) is 34.0 Å². The highest BCUT2D eigenvalue weighted by Crippen LogP contribution is 2.77. The molecule has 5 heteroatoms. The van der Waals surface area contributed by atoms with Gasteiger partial charge in [0.05, 0.1) is 12.7 Å². The first-order valence-corrected chi connectivity index (χ1v) is 12.0. The van der Waals surface area contributed by atoms with E-state index in [1.54, 1.807) is 0 Å². The third-order valence-electron chi connectivity index (χ3n) is 10.8. The van der Waals surface area contributed by atoms with Crippen molar-refractivity contribution in [3.05, 3.63) is 0 Å². The lowest BCUT2D eigenvalue weighted by Gasteiger charge is -2.65. The van der Waals surface area contributed by atoms with Crippen LogP contribution in [0, 0.1) is 34.0 Å². The van der Waals surface area contributed by atoms with Gasteiger partial charge in [0, 0.05) is 25.2 Å². The minimum Gasteiger partial charge on any atom is -0.466 e. The summed E-state index contributed by atoms with van der Waals surface area (Å²) in [6, 6.07) is 0. The molecule has 168 valence electrons. The van der Waals surface area contributed by atoms with Crippen LogP contribution in [0.2, 0.25) is 0 Å². The minimum absolute atomic E-state index is 0.00218. The Hall–Kier alpha value is -1.10. The van der Waals surface area contributed by atoms with E-state index in [9.17, 15) is 9.59 Å². The molecule has 5 fully saturated rings. The van der Waals surface area contributed by atoms with E-state index in [0.717, 1.165) is 32.1 Å². The number of carbonyl (C=O) groups excluding carboxylic acids is 2. The number of epoxide rings is 1. The van der Waals surface area contributed by atoms with Gasteiger partial charge >= 0.3 is 11.9 Å². The highest BCUT2D eigenvalue weighted by atomic mass is 16.6. The van der Waals surface area contributed by atoms with E-state index in [1.165, 1.54) is 33.1 Å². The number of esters is 2. The molecule has 5 aliphatic rings. The molecule has 4 saturated carbocycles. The Morgan fingerprint density at radius 1 is 0.933 bits per heavy atom. The third kappa shape index (κ3) is 2.56. The van der Waals surface area contributed by atoms with E-state index in [1.807, 2.05) is 0 Å². The maximum Gasteiger partial charge on any atom is 0.302 e. The molecule has 1 spiro atoms. The molecule has 1 aliphatic heterocycles. The number of rotatable bonds is 3. The fourth-order valence-electron chi connectivity index (χ4n) is 8.95. The fraction of sp³-hybridized carbons (Fsp3) is 0.920. The van der Waals surface area contributed by atoms with Crippen LogP contribution in [-0.4, -0.2) is 36.4 Å². The molecule has 9 atom stereocenters. The molecule has 5 rings (SSSR count). The topological polar surface area (TPSA) is 65.1 Å². The zero-order valence-electron chi connectivity index (χ0n) is 19.3. The lowest BCUT2D eigenvalue weighted by molar-refractivity contribution is -0.192. The first kappa shape index (κ1) is 20.8. The molecule has 0 amide bonds. The van der Waals surface area contributed by atoms with Crippen LogP contribution in [0.3, 0.4) is 0 Å². The molecule has 0 aromatic carbocycles. The second kappa shape index (κ2) is 6.46. The highest BCUT2D eigenvalue weighted by Gasteiger charge is 2.81. The molecule has 0 bridgehead atoms. The van der Waals surface area contributed by atoms with Gasteiger partial charge in [0.2, 0.25) is 0 Å². The molecule has 1 heterocycles. The number of carbonyl (C=O) groups is 2. The smallest absolute Gasteiger partial charge is 0.302 e. The molecule has 4 aliphatic carbocycles. The van der Waals surface area contributed by atoms with Crippen LogP contribution in [0.25, 0.3) is 0 Å². The van der Waals surface area contributed by atoms with Crippen molar-refractivity contribution >= 4 is 11.9 Å². The largest absolute Gasteiger partial charge is 0.466 e. The Morgan fingerprint density at radius 3 is 2.33 bits per heavy atom. The van der Waals surface area contributed by atoms with Crippen molar-refractivity contribution in [1.29, 1.82) is 0 Å². The van der Waals surface area contributed by atoms with E-state index in [0.29, 0.717) is 30.5 Å². The molecule has 5 nitrogen and oxygen atoms in total. The van der Waals surface area contributed by atoms with Crippen LogP contribution in [0.1, 0.15) is 86.0 Å². The minimum atomic E-state index is -0.173. The van der Waals surface area contributed by atoms with E-state index in [2.05, 4.69) is 20.8 Å². The number of hydrogen-bond acceptors (Lipinski definition) is 5. The zero-order valence-corrected chi connectivity index (χ0v) is 19.3. The number of ether oxygens (including phenoxy) is 3. The summed E-state index contributed by atoms with van der Waals surface area (Å²) in [5.41, 5.74) is 0.606. The van der Waals surface area contributed by atoms with E-state index < -0.39 is 0 Å². The second-order valence-corrected chi connectivity index (χ2v) is 11.8. The third-order valence-corrected chi connectivity index (χ3v) is 10.8. The monoisotopic (exact) mass is 418 g/mol. The van der Waals surface area contributed by atoms with Gasteiger partial charge in [-0.1, -0.05) is 20.8 Å². The van der Waals surface area contributed by atoms with Crippen LogP contribution in [0.15, 0.2) is 0 Å². The van der Waals surface area contributed by atoms with Crippen molar-refractivity contribution in [1.82, 2.24) is 0 Å². The Bertz CT molecular complexity index is 763. The standard InChI is InChI=1S/C25H38O5/c1-15(26)28-14-17-12-21-25(30-21)20-7-9-22(3)13-18(29-16(2)27)6-10-24(22,5)19(20)8-11-23(17,25)4/h17-21H,6-14H2,1-5H3. The van der Waals surface area contributed by atoms with Crippen molar-refractivity contribution in [2.75, 3.05) is 6.61 Å². The van der Waals surface area contributed by atoms with Crippen LogP contribution in [-0.2, 0) is 23.8 Å². The van der Waals surface area contributed by atoms with Crippen molar-refractivity contribution in [3.8, 4) is 0 Å². The average Bonchev–Trinajstić information content (AvgIpc) is 3.31. The van der Waals surface area contributed by atoms with E-state index in [-0.39, 0.29) is 39.9 Å². The molecule has 0 N–H and O–H groups in total. The maximum atomic E-state index is 11.5. The lowest BCUT2D eigenvalue weighted by atomic mass is 9.40. The molecule has 1 saturated heterocycles. The Kier molecular flexibility index (Phi) is 4.48. The van der Waals surface area contributed by atoms with Crippen molar-refractivity contribution in [2.45, 2.75) is 104 Å². The van der Waals surface area contributed by atoms with E-state index >= 15 is 0 Å². The molecule has 0 radical (unpaired) electrons. The molecule has 9 unspecified atom stereocenters. The quantitative estimate of drug-likeness (QED) is 0.493. The molecular weight excluding hydrogens is 380 g/mol. The average molecular weight is 419 g/mol. The lowest BCUT2D eigenvalue weighted by Crippen LogP contribution is -2.62. The van der Waals surface area contributed by atoms with Gasteiger partial charge in [-0.25, -0.2) is 0 Å².